The zero-order valence-electron chi connectivity index (χ0n) is 15.7. The first-order valence-electron chi connectivity index (χ1n) is 8.97. The molecule has 0 radical (unpaired) electrons. The third-order valence-electron chi connectivity index (χ3n) is 4.52. The van der Waals surface area contributed by atoms with Crippen LogP contribution in [0.3, 0.4) is 0 Å². The standard InChI is InChI=1S/C22H15ClF3N3O/c1-12-9-15(25)6-8-19(12)27-20(17-7-5-16(26)11-18(17)23)22-29-28-21(30-22)13-3-2-4-14(24)10-13/h2-11,20,27H,1H3/t20-/m0/s1. The molecule has 0 unspecified atom stereocenters. The predicted octanol–water partition coefficient (Wildman–Crippen LogP) is 6.32. The van der Waals surface area contributed by atoms with Crippen LogP contribution in [0.5, 0.6) is 0 Å². The highest BCUT2D eigenvalue weighted by atomic mass is 35.5. The summed E-state index contributed by atoms with van der Waals surface area (Å²) in [6, 6.07) is 13.2. The van der Waals surface area contributed by atoms with Crippen LogP contribution >= 0.6 is 11.6 Å². The van der Waals surface area contributed by atoms with Crippen LogP contribution in [-0.4, -0.2) is 10.2 Å². The van der Waals surface area contributed by atoms with E-state index in [0.29, 0.717) is 22.4 Å². The first-order chi connectivity index (χ1) is 14.4. The second-order valence-corrected chi connectivity index (χ2v) is 7.07. The Kier molecular flexibility index (Phi) is 5.46. The summed E-state index contributed by atoms with van der Waals surface area (Å²) in [4.78, 5) is 0. The van der Waals surface area contributed by atoms with E-state index in [1.807, 2.05) is 0 Å². The minimum absolute atomic E-state index is 0.116. The van der Waals surface area contributed by atoms with Crippen molar-refractivity contribution < 1.29 is 17.6 Å². The van der Waals surface area contributed by atoms with Crippen molar-refractivity contribution in [3.8, 4) is 11.5 Å². The molecule has 0 fully saturated rings. The summed E-state index contributed by atoms with van der Waals surface area (Å²) < 4.78 is 46.4. The summed E-state index contributed by atoms with van der Waals surface area (Å²) in [6.07, 6.45) is 0. The molecule has 152 valence electrons. The number of nitrogens with zero attached hydrogens (tertiary/aromatic N) is 2. The van der Waals surface area contributed by atoms with Gasteiger partial charge in [0.15, 0.2) is 0 Å². The van der Waals surface area contributed by atoms with Gasteiger partial charge in [0, 0.05) is 21.8 Å². The van der Waals surface area contributed by atoms with E-state index in [-0.39, 0.29) is 22.6 Å². The maximum atomic E-state index is 13.6. The molecular weight excluding hydrogens is 415 g/mol. The monoisotopic (exact) mass is 429 g/mol. The largest absolute Gasteiger partial charge is 0.418 e. The highest BCUT2D eigenvalue weighted by molar-refractivity contribution is 6.31. The van der Waals surface area contributed by atoms with E-state index in [0.717, 1.165) is 0 Å². The molecule has 1 aromatic heterocycles. The van der Waals surface area contributed by atoms with Crippen LogP contribution in [0.4, 0.5) is 18.9 Å². The molecule has 4 nitrogen and oxygen atoms in total. The van der Waals surface area contributed by atoms with Crippen LogP contribution in [-0.2, 0) is 0 Å². The first-order valence-corrected chi connectivity index (χ1v) is 9.35. The molecule has 0 bridgehead atoms. The molecule has 0 saturated carbocycles. The Bertz CT molecular complexity index is 1210. The molecule has 30 heavy (non-hydrogen) atoms. The van der Waals surface area contributed by atoms with Crippen molar-refractivity contribution in [3.63, 3.8) is 0 Å². The fourth-order valence-corrected chi connectivity index (χ4v) is 3.32. The van der Waals surface area contributed by atoms with Gasteiger partial charge in [-0.1, -0.05) is 23.7 Å². The number of benzene rings is 3. The molecule has 0 spiro atoms. The zero-order valence-corrected chi connectivity index (χ0v) is 16.4. The molecule has 4 aromatic rings. The third-order valence-corrected chi connectivity index (χ3v) is 4.85. The average molecular weight is 430 g/mol. The van der Waals surface area contributed by atoms with Crippen LogP contribution in [0.25, 0.3) is 11.5 Å². The Morgan fingerprint density at radius 1 is 0.900 bits per heavy atom. The highest BCUT2D eigenvalue weighted by Crippen LogP contribution is 2.33. The summed E-state index contributed by atoms with van der Waals surface area (Å²) in [5.41, 5.74) is 2.14. The smallest absolute Gasteiger partial charge is 0.247 e. The molecule has 1 atom stereocenters. The topological polar surface area (TPSA) is 51.0 Å². The van der Waals surface area contributed by atoms with Crippen LogP contribution < -0.4 is 5.32 Å². The van der Waals surface area contributed by atoms with Gasteiger partial charge in [-0.25, -0.2) is 13.2 Å². The third kappa shape index (κ3) is 4.16. The molecule has 0 aliphatic rings. The lowest BCUT2D eigenvalue weighted by Crippen LogP contribution is -2.14. The van der Waals surface area contributed by atoms with E-state index >= 15 is 0 Å². The van der Waals surface area contributed by atoms with Crippen molar-refractivity contribution in [1.82, 2.24) is 10.2 Å². The highest BCUT2D eigenvalue weighted by Gasteiger charge is 2.25. The maximum Gasteiger partial charge on any atom is 0.247 e. The van der Waals surface area contributed by atoms with Gasteiger partial charge in [-0.3, -0.25) is 0 Å². The number of aryl methyl sites for hydroxylation is 1. The van der Waals surface area contributed by atoms with E-state index in [9.17, 15) is 13.2 Å². The van der Waals surface area contributed by atoms with Gasteiger partial charge in [0.1, 0.15) is 23.5 Å². The van der Waals surface area contributed by atoms with Crippen LogP contribution in [0, 0.1) is 24.4 Å². The summed E-state index contributed by atoms with van der Waals surface area (Å²) in [6.45, 7) is 1.74. The second-order valence-electron chi connectivity index (χ2n) is 6.66. The van der Waals surface area contributed by atoms with Gasteiger partial charge in [-0.2, -0.15) is 0 Å². The van der Waals surface area contributed by atoms with Crippen molar-refractivity contribution in [2.45, 2.75) is 13.0 Å². The number of hydrogen-bond donors (Lipinski definition) is 1. The van der Waals surface area contributed by atoms with Gasteiger partial charge >= 0.3 is 0 Å². The maximum absolute atomic E-state index is 13.6. The SMILES string of the molecule is Cc1cc(F)ccc1N[C@H](c1nnc(-c2cccc(F)c2)o1)c1ccc(F)cc1Cl. The van der Waals surface area contributed by atoms with Crippen LogP contribution in [0.15, 0.2) is 65.1 Å². The normalized spacial score (nSPS) is 12.0. The molecule has 8 heteroatoms. The van der Waals surface area contributed by atoms with E-state index in [2.05, 4.69) is 15.5 Å². The van der Waals surface area contributed by atoms with Gasteiger partial charge in [0.2, 0.25) is 11.8 Å². The van der Waals surface area contributed by atoms with Crippen molar-refractivity contribution in [3.05, 3.63) is 100 Å². The Morgan fingerprint density at radius 2 is 1.63 bits per heavy atom. The summed E-state index contributed by atoms with van der Waals surface area (Å²) >= 11 is 6.27. The quantitative estimate of drug-likeness (QED) is 0.403. The minimum atomic E-state index is -0.753. The van der Waals surface area contributed by atoms with Gasteiger partial charge in [0.25, 0.3) is 0 Å². The summed E-state index contributed by atoms with van der Waals surface area (Å²) in [7, 11) is 0. The van der Waals surface area contributed by atoms with Crippen molar-refractivity contribution in [1.29, 1.82) is 0 Å². The molecule has 0 aliphatic carbocycles. The van der Waals surface area contributed by atoms with Crippen LogP contribution in [0.2, 0.25) is 5.02 Å². The lowest BCUT2D eigenvalue weighted by atomic mass is 10.1. The second kappa shape index (κ2) is 8.20. The Balaban J connectivity index is 1.77. The fraction of sp³-hybridized carbons (Fsp3) is 0.0909. The summed E-state index contributed by atoms with van der Waals surface area (Å²) in [5.74, 6) is -1.06. The number of halogens is 4. The Labute approximate surface area is 175 Å². The fourth-order valence-electron chi connectivity index (χ4n) is 3.04. The molecule has 4 rings (SSSR count). The van der Waals surface area contributed by atoms with Gasteiger partial charge < -0.3 is 9.73 Å². The van der Waals surface area contributed by atoms with E-state index < -0.39 is 17.7 Å². The molecule has 0 saturated heterocycles. The average Bonchev–Trinajstić information content (AvgIpc) is 3.18. The first kappa shape index (κ1) is 20.0. The minimum Gasteiger partial charge on any atom is -0.418 e. The van der Waals surface area contributed by atoms with Gasteiger partial charge in [-0.15, -0.1) is 10.2 Å². The van der Waals surface area contributed by atoms with Crippen molar-refractivity contribution in [2.24, 2.45) is 0 Å². The Morgan fingerprint density at radius 3 is 2.37 bits per heavy atom. The molecule has 1 N–H and O–H groups in total. The van der Waals surface area contributed by atoms with Crippen LogP contribution in [0.1, 0.15) is 23.1 Å². The number of aromatic nitrogens is 2. The molecular formula is C22H15ClF3N3O. The summed E-state index contributed by atoms with van der Waals surface area (Å²) in [5, 5.41) is 11.4. The van der Waals surface area contributed by atoms with Gasteiger partial charge in [0.05, 0.1) is 0 Å². The lowest BCUT2D eigenvalue weighted by Gasteiger charge is -2.19. The van der Waals surface area contributed by atoms with Crippen molar-refractivity contribution in [2.75, 3.05) is 5.32 Å². The number of hydrogen-bond acceptors (Lipinski definition) is 4. The zero-order chi connectivity index (χ0) is 21.3. The number of anilines is 1. The molecule has 0 aliphatic heterocycles. The van der Waals surface area contributed by atoms with E-state index in [4.69, 9.17) is 16.0 Å². The van der Waals surface area contributed by atoms with E-state index in [1.54, 1.807) is 19.1 Å². The number of nitrogens with one attached hydrogen (secondary N) is 1. The number of rotatable bonds is 5. The van der Waals surface area contributed by atoms with E-state index in [1.165, 1.54) is 48.5 Å². The molecule has 3 aromatic carbocycles. The molecule has 0 amide bonds. The lowest BCUT2D eigenvalue weighted by molar-refractivity contribution is 0.493. The van der Waals surface area contributed by atoms with Crippen molar-refractivity contribution >= 4 is 17.3 Å². The molecule has 1 heterocycles. The van der Waals surface area contributed by atoms with Gasteiger partial charge in [-0.05, 0) is 61.0 Å². The Hall–Kier alpha value is -3.32. The predicted molar refractivity (Wildman–Crippen MR) is 108 cm³/mol.